The van der Waals surface area contributed by atoms with Gasteiger partial charge in [-0.3, -0.25) is 0 Å². The third-order valence-electron chi connectivity index (χ3n) is 4.65. The van der Waals surface area contributed by atoms with E-state index in [2.05, 4.69) is 58.7 Å². The number of rotatable bonds is 4. The summed E-state index contributed by atoms with van der Waals surface area (Å²) in [4.78, 5) is 1.30. The van der Waals surface area contributed by atoms with E-state index in [1.165, 1.54) is 52.6 Å². The van der Waals surface area contributed by atoms with Crippen LogP contribution in [0.25, 0.3) is 10.8 Å². The summed E-state index contributed by atoms with van der Waals surface area (Å²) in [6.07, 6.45) is 7.08. The van der Waals surface area contributed by atoms with Gasteiger partial charge in [0.15, 0.2) is 0 Å². The molecule has 0 saturated heterocycles. The highest BCUT2D eigenvalue weighted by Crippen LogP contribution is 2.36. The third kappa shape index (κ3) is 3.25. The van der Waals surface area contributed by atoms with E-state index in [4.69, 9.17) is 0 Å². The standard InChI is InChI=1S/C20H20N2S/c1-2-6-15(7-3-1)14-23-18-10-11-19-17(12-18)13-21-22-20(19)16-8-4-5-9-16/h1-3,6-7,10-13,16H,4-5,8-9,14H2. The fourth-order valence-corrected chi connectivity index (χ4v) is 4.32. The van der Waals surface area contributed by atoms with Gasteiger partial charge in [-0.1, -0.05) is 49.2 Å². The van der Waals surface area contributed by atoms with Crippen molar-refractivity contribution in [2.45, 2.75) is 42.2 Å². The molecule has 116 valence electrons. The van der Waals surface area contributed by atoms with Crippen LogP contribution >= 0.6 is 11.8 Å². The summed E-state index contributed by atoms with van der Waals surface area (Å²) < 4.78 is 0. The van der Waals surface area contributed by atoms with Gasteiger partial charge < -0.3 is 0 Å². The Hall–Kier alpha value is -1.87. The topological polar surface area (TPSA) is 25.8 Å². The van der Waals surface area contributed by atoms with Crippen LogP contribution in [0.15, 0.2) is 59.6 Å². The van der Waals surface area contributed by atoms with E-state index in [-0.39, 0.29) is 0 Å². The van der Waals surface area contributed by atoms with Crippen molar-refractivity contribution in [1.82, 2.24) is 10.2 Å². The Labute approximate surface area is 141 Å². The van der Waals surface area contributed by atoms with E-state index in [0.717, 1.165) is 5.75 Å². The average Bonchev–Trinajstić information content (AvgIpc) is 3.14. The summed E-state index contributed by atoms with van der Waals surface area (Å²) in [6, 6.07) is 17.3. The molecule has 2 nitrogen and oxygen atoms in total. The Bertz CT molecular complexity index is 795. The first-order valence-corrected chi connectivity index (χ1v) is 9.31. The van der Waals surface area contributed by atoms with Gasteiger partial charge in [-0.05, 0) is 30.5 Å². The van der Waals surface area contributed by atoms with Crippen molar-refractivity contribution < 1.29 is 0 Å². The molecule has 0 spiro atoms. The Morgan fingerprint density at radius 3 is 2.65 bits per heavy atom. The molecule has 0 radical (unpaired) electrons. The Balaban J connectivity index is 1.58. The summed E-state index contributed by atoms with van der Waals surface area (Å²) in [5.41, 5.74) is 2.57. The van der Waals surface area contributed by atoms with Crippen LogP contribution in [0, 0.1) is 0 Å². The Morgan fingerprint density at radius 2 is 1.83 bits per heavy atom. The predicted molar refractivity (Wildman–Crippen MR) is 96.8 cm³/mol. The zero-order chi connectivity index (χ0) is 15.5. The predicted octanol–water partition coefficient (Wildman–Crippen LogP) is 5.58. The second kappa shape index (κ2) is 6.71. The quantitative estimate of drug-likeness (QED) is 0.587. The van der Waals surface area contributed by atoms with Crippen molar-refractivity contribution in [3.05, 3.63) is 66.0 Å². The van der Waals surface area contributed by atoms with Crippen LogP contribution in [0.1, 0.15) is 42.9 Å². The van der Waals surface area contributed by atoms with Gasteiger partial charge in [0.2, 0.25) is 0 Å². The van der Waals surface area contributed by atoms with Crippen LogP contribution in [0.4, 0.5) is 0 Å². The maximum Gasteiger partial charge on any atom is 0.0740 e. The lowest BCUT2D eigenvalue weighted by Crippen LogP contribution is -1.99. The summed E-state index contributed by atoms with van der Waals surface area (Å²) in [5.74, 6) is 1.61. The monoisotopic (exact) mass is 320 g/mol. The molecule has 1 aliphatic carbocycles. The van der Waals surface area contributed by atoms with Gasteiger partial charge >= 0.3 is 0 Å². The highest BCUT2D eigenvalue weighted by Gasteiger charge is 2.20. The molecule has 1 heterocycles. The number of thioether (sulfide) groups is 1. The lowest BCUT2D eigenvalue weighted by atomic mass is 9.99. The van der Waals surface area contributed by atoms with E-state index in [1.807, 2.05) is 18.0 Å². The van der Waals surface area contributed by atoms with Gasteiger partial charge in [0.25, 0.3) is 0 Å². The largest absolute Gasteiger partial charge is 0.158 e. The number of hydrogen-bond acceptors (Lipinski definition) is 3. The molecule has 0 N–H and O–H groups in total. The van der Waals surface area contributed by atoms with Gasteiger partial charge in [0, 0.05) is 27.3 Å². The third-order valence-corrected chi connectivity index (χ3v) is 5.72. The number of fused-ring (bicyclic) bond motifs is 1. The van der Waals surface area contributed by atoms with E-state index >= 15 is 0 Å². The first-order chi connectivity index (χ1) is 11.4. The summed E-state index contributed by atoms with van der Waals surface area (Å²) in [6.45, 7) is 0. The van der Waals surface area contributed by atoms with Crippen molar-refractivity contribution >= 4 is 22.5 Å². The molecule has 0 amide bonds. The van der Waals surface area contributed by atoms with E-state index in [9.17, 15) is 0 Å². The minimum Gasteiger partial charge on any atom is -0.158 e. The second-order valence-corrected chi connectivity index (χ2v) is 7.28. The number of aromatic nitrogens is 2. The highest BCUT2D eigenvalue weighted by atomic mass is 32.2. The van der Waals surface area contributed by atoms with Crippen LogP contribution in [-0.2, 0) is 5.75 Å². The SMILES string of the molecule is c1ccc(CSc2ccc3c(C4CCCC4)nncc3c2)cc1. The number of nitrogens with zero attached hydrogens (tertiary/aromatic N) is 2. The van der Waals surface area contributed by atoms with Crippen LogP contribution in [-0.4, -0.2) is 10.2 Å². The fraction of sp³-hybridized carbons (Fsp3) is 0.300. The molecule has 0 unspecified atom stereocenters. The van der Waals surface area contributed by atoms with Gasteiger partial charge in [-0.15, -0.1) is 11.8 Å². The molecule has 4 rings (SSSR count). The Morgan fingerprint density at radius 1 is 1.00 bits per heavy atom. The second-order valence-electron chi connectivity index (χ2n) is 6.23. The van der Waals surface area contributed by atoms with Gasteiger partial charge in [0.05, 0.1) is 11.9 Å². The molecule has 0 bridgehead atoms. The minimum absolute atomic E-state index is 0.606. The molecule has 0 aliphatic heterocycles. The van der Waals surface area contributed by atoms with Crippen molar-refractivity contribution in [1.29, 1.82) is 0 Å². The normalized spacial score (nSPS) is 15.3. The summed E-state index contributed by atoms with van der Waals surface area (Å²) in [7, 11) is 0. The highest BCUT2D eigenvalue weighted by molar-refractivity contribution is 7.98. The zero-order valence-electron chi connectivity index (χ0n) is 13.1. The summed E-state index contributed by atoms with van der Waals surface area (Å²) >= 11 is 1.88. The van der Waals surface area contributed by atoms with Crippen molar-refractivity contribution in [2.75, 3.05) is 0 Å². The van der Waals surface area contributed by atoms with Crippen LogP contribution in [0.5, 0.6) is 0 Å². The van der Waals surface area contributed by atoms with Crippen LogP contribution in [0.2, 0.25) is 0 Å². The molecular formula is C20H20N2S. The Kier molecular flexibility index (Phi) is 4.29. The van der Waals surface area contributed by atoms with Crippen LogP contribution < -0.4 is 0 Å². The number of hydrogen-bond donors (Lipinski definition) is 0. The average molecular weight is 320 g/mol. The van der Waals surface area contributed by atoms with E-state index in [0.29, 0.717) is 5.92 Å². The molecule has 3 aromatic rings. The van der Waals surface area contributed by atoms with Gasteiger partial charge in [-0.2, -0.15) is 10.2 Å². The first-order valence-electron chi connectivity index (χ1n) is 8.32. The lowest BCUT2D eigenvalue weighted by molar-refractivity contribution is 0.689. The fourth-order valence-electron chi connectivity index (χ4n) is 3.42. The van der Waals surface area contributed by atoms with Gasteiger partial charge in [-0.25, -0.2) is 0 Å². The number of benzene rings is 2. The molecule has 0 atom stereocenters. The molecular weight excluding hydrogens is 300 g/mol. The first kappa shape index (κ1) is 14.7. The molecule has 2 aromatic carbocycles. The van der Waals surface area contributed by atoms with Crippen molar-refractivity contribution in [2.24, 2.45) is 0 Å². The minimum atomic E-state index is 0.606. The molecule has 1 saturated carbocycles. The molecule has 23 heavy (non-hydrogen) atoms. The molecule has 1 aromatic heterocycles. The summed E-state index contributed by atoms with van der Waals surface area (Å²) in [5, 5.41) is 11.2. The van der Waals surface area contributed by atoms with Gasteiger partial charge in [0.1, 0.15) is 0 Å². The zero-order valence-corrected chi connectivity index (χ0v) is 13.9. The van der Waals surface area contributed by atoms with E-state index < -0.39 is 0 Å². The lowest BCUT2D eigenvalue weighted by Gasteiger charge is -2.11. The van der Waals surface area contributed by atoms with Crippen LogP contribution in [0.3, 0.4) is 0 Å². The van der Waals surface area contributed by atoms with Crippen molar-refractivity contribution in [3.63, 3.8) is 0 Å². The smallest absolute Gasteiger partial charge is 0.0740 e. The molecule has 1 fully saturated rings. The maximum atomic E-state index is 4.46. The van der Waals surface area contributed by atoms with E-state index in [1.54, 1.807) is 0 Å². The van der Waals surface area contributed by atoms with Crippen molar-refractivity contribution in [3.8, 4) is 0 Å². The maximum absolute atomic E-state index is 4.46. The molecule has 1 aliphatic rings. The molecule has 3 heteroatoms.